The van der Waals surface area contributed by atoms with Gasteiger partial charge in [0.25, 0.3) is 0 Å². The van der Waals surface area contributed by atoms with E-state index in [2.05, 4.69) is 4.72 Å². The Morgan fingerprint density at radius 3 is 2.46 bits per heavy atom. The minimum atomic E-state index is -3.80. The molecule has 2 aromatic rings. The third-order valence-electron chi connectivity index (χ3n) is 3.52. The first-order valence-electron chi connectivity index (χ1n) is 7.26. The third-order valence-corrected chi connectivity index (χ3v) is 5.68. The first-order chi connectivity index (χ1) is 11.3. The van der Waals surface area contributed by atoms with Crippen LogP contribution in [-0.2, 0) is 10.0 Å². The van der Waals surface area contributed by atoms with Crippen molar-refractivity contribution in [3.8, 4) is 0 Å². The van der Waals surface area contributed by atoms with E-state index >= 15 is 0 Å². The maximum Gasteiger partial charge on any atom is 0.240 e. The lowest BCUT2D eigenvalue weighted by Crippen LogP contribution is -2.28. The van der Waals surface area contributed by atoms with Crippen molar-refractivity contribution in [3.05, 3.63) is 59.7 Å². The maximum absolute atomic E-state index is 12.3. The van der Waals surface area contributed by atoms with Crippen LogP contribution in [0.5, 0.6) is 0 Å². The normalized spacial score (nSPS) is 12.8. The highest BCUT2D eigenvalue weighted by Crippen LogP contribution is 2.19. The summed E-state index contributed by atoms with van der Waals surface area (Å²) in [6, 6.07) is 13.1. The molecule has 128 valence electrons. The van der Waals surface area contributed by atoms with E-state index in [-0.39, 0.29) is 17.2 Å². The number of hydrogen-bond acceptors (Lipinski definition) is 5. The Morgan fingerprint density at radius 1 is 1.21 bits per heavy atom. The molecule has 0 radical (unpaired) electrons. The van der Waals surface area contributed by atoms with Gasteiger partial charge >= 0.3 is 0 Å². The lowest BCUT2D eigenvalue weighted by atomic mass is 10.1. The molecule has 1 unspecified atom stereocenters. The number of nitrogens with one attached hydrogen (secondary N) is 1. The van der Waals surface area contributed by atoms with Gasteiger partial charge in [-0.1, -0.05) is 24.3 Å². The monoisotopic (exact) mass is 365 g/mol. The van der Waals surface area contributed by atoms with Gasteiger partial charge in [-0.25, -0.2) is 13.1 Å². The highest BCUT2D eigenvalue weighted by Gasteiger charge is 2.17. The standard InChI is InChI=1S/C17H19NO4S2/c1-12(19)14-4-3-5-16(10-14)24(21,22)18-11-17(20)13-6-8-15(23-2)9-7-13/h3-10,17-18,20H,11H2,1-2H3. The minimum absolute atomic E-state index is 0.000121. The minimum Gasteiger partial charge on any atom is -0.387 e. The maximum atomic E-state index is 12.3. The van der Waals surface area contributed by atoms with Crippen molar-refractivity contribution >= 4 is 27.6 Å². The van der Waals surface area contributed by atoms with Crippen LogP contribution in [0.3, 0.4) is 0 Å². The molecular formula is C17H19NO4S2. The number of benzene rings is 2. The molecule has 7 heteroatoms. The van der Waals surface area contributed by atoms with Crippen LogP contribution in [0.4, 0.5) is 0 Å². The number of aliphatic hydroxyl groups excluding tert-OH is 1. The van der Waals surface area contributed by atoms with E-state index in [0.29, 0.717) is 11.1 Å². The van der Waals surface area contributed by atoms with E-state index in [4.69, 9.17) is 0 Å². The van der Waals surface area contributed by atoms with Crippen LogP contribution in [0.1, 0.15) is 28.9 Å². The Labute approximate surface area is 146 Å². The number of sulfonamides is 1. The molecule has 0 amide bonds. The van der Waals surface area contributed by atoms with Crippen LogP contribution in [0.15, 0.2) is 58.3 Å². The highest BCUT2D eigenvalue weighted by atomic mass is 32.2. The van der Waals surface area contributed by atoms with Crippen LogP contribution in [-0.4, -0.2) is 32.1 Å². The molecule has 2 rings (SSSR count). The molecule has 5 nitrogen and oxygen atoms in total. The molecule has 0 bridgehead atoms. The smallest absolute Gasteiger partial charge is 0.240 e. The van der Waals surface area contributed by atoms with Gasteiger partial charge in [-0.15, -0.1) is 11.8 Å². The number of hydrogen-bond donors (Lipinski definition) is 2. The summed E-state index contributed by atoms with van der Waals surface area (Å²) < 4.78 is 27.0. The van der Waals surface area contributed by atoms with Crippen LogP contribution in [0, 0.1) is 0 Å². The Kier molecular flexibility index (Phi) is 6.17. The molecule has 2 aromatic carbocycles. The Hall–Kier alpha value is -1.67. The zero-order valence-electron chi connectivity index (χ0n) is 13.4. The topological polar surface area (TPSA) is 83.5 Å². The molecule has 1 atom stereocenters. The summed E-state index contributed by atoms with van der Waals surface area (Å²) in [5.41, 5.74) is 0.957. The summed E-state index contributed by atoms with van der Waals surface area (Å²) >= 11 is 1.59. The number of rotatable bonds is 7. The van der Waals surface area contributed by atoms with Crippen molar-refractivity contribution in [3.63, 3.8) is 0 Å². The van der Waals surface area contributed by atoms with E-state index in [0.717, 1.165) is 4.90 Å². The summed E-state index contributed by atoms with van der Waals surface area (Å²) in [7, 11) is -3.80. The SMILES string of the molecule is CSc1ccc(C(O)CNS(=O)(=O)c2cccc(C(C)=O)c2)cc1. The molecule has 0 aliphatic heterocycles. The second kappa shape index (κ2) is 7.94. The van der Waals surface area contributed by atoms with Crippen molar-refractivity contribution in [2.45, 2.75) is 22.8 Å². The number of Topliss-reactive ketones (excluding diaryl/α,β-unsaturated/α-hetero) is 1. The third kappa shape index (κ3) is 4.67. The van der Waals surface area contributed by atoms with E-state index in [1.54, 1.807) is 30.0 Å². The Bertz CT molecular complexity index is 817. The van der Waals surface area contributed by atoms with Gasteiger partial charge in [0.2, 0.25) is 10.0 Å². The molecule has 0 aromatic heterocycles. The van der Waals surface area contributed by atoms with Gasteiger partial charge < -0.3 is 5.11 Å². The van der Waals surface area contributed by atoms with Gasteiger partial charge in [-0.2, -0.15) is 0 Å². The second-order valence-corrected chi connectivity index (χ2v) is 7.87. The number of thioether (sulfide) groups is 1. The Balaban J connectivity index is 2.08. The van der Waals surface area contributed by atoms with Crippen LogP contribution >= 0.6 is 11.8 Å². The van der Waals surface area contributed by atoms with Gasteiger partial charge in [0, 0.05) is 17.0 Å². The van der Waals surface area contributed by atoms with E-state index in [1.165, 1.54) is 25.1 Å². The van der Waals surface area contributed by atoms with Crippen molar-refractivity contribution in [1.29, 1.82) is 0 Å². The quantitative estimate of drug-likeness (QED) is 0.582. The molecule has 0 aliphatic carbocycles. The Morgan fingerprint density at radius 2 is 1.88 bits per heavy atom. The number of carbonyl (C=O) groups excluding carboxylic acids is 1. The largest absolute Gasteiger partial charge is 0.387 e. The lowest BCUT2D eigenvalue weighted by Gasteiger charge is -2.13. The fraction of sp³-hybridized carbons (Fsp3) is 0.235. The predicted molar refractivity (Wildman–Crippen MR) is 94.8 cm³/mol. The highest BCUT2D eigenvalue weighted by molar-refractivity contribution is 7.98. The van der Waals surface area contributed by atoms with Crippen molar-refractivity contribution in [1.82, 2.24) is 4.72 Å². The lowest BCUT2D eigenvalue weighted by molar-refractivity contribution is 0.101. The summed E-state index contributed by atoms with van der Waals surface area (Å²) in [5, 5.41) is 10.1. The number of aliphatic hydroxyl groups is 1. The number of carbonyl (C=O) groups is 1. The van der Waals surface area contributed by atoms with E-state index in [1.807, 2.05) is 18.4 Å². The summed E-state index contributed by atoms with van der Waals surface area (Å²) in [6.45, 7) is 1.23. The second-order valence-electron chi connectivity index (χ2n) is 5.22. The zero-order chi connectivity index (χ0) is 17.7. The first kappa shape index (κ1) is 18.7. The van der Waals surface area contributed by atoms with Crippen LogP contribution < -0.4 is 4.72 Å². The van der Waals surface area contributed by atoms with Gasteiger partial charge in [-0.3, -0.25) is 4.79 Å². The molecular weight excluding hydrogens is 346 g/mol. The van der Waals surface area contributed by atoms with Gasteiger partial charge in [0.1, 0.15) is 0 Å². The van der Waals surface area contributed by atoms with E-state index < -0.39 is 16.1 Å². The van der Waals surface area contributed by atoms with Gasteiger partial charge in [0.15, 0.2) is 5.78 Å². The van der Waals surface area contributed by atoms with Gasteiger partial charge in [-0.05, 0) is 43.0 Å². The summed E-state index contributed by atoms with van der Waals surface area (Å²) in [6.07, 6.45) is 1.00. The molecule has 0 aliphatic rings. The molecule has 0 heterocycles. The zero-order valence-corrected chi connectivity index (χ0v) is 15.0. The molecule has 0 saturated carbocycles. The molecule has 0 saturated heterocycles. The fourth-order valence-electron chi connectivity index (χ4n) is 2.10. The van der Waals surface area contributed by atoms with Crippen molar-refractivity contribution in [2.75, 3.05) is 12.8 Å². The molecule has 0 fully saturated rings. The van der Waals surface area contributed by atoms with Crippen molar-refractivity contribution in [2.24, 2.45) is 0 Å². The first-order valence-corrected chi connectivity index (χ1v) is 9.97. The molecule has 0 spiro atoms. The van der Waals surface area contributed by atoms with Crippen LogP contribution in [0.25, 0.3) is 0 Å². The average molecular weight is 365 g/mol. The summed E-state index contributed by atoms with van der Waals surface area (Å²) in [5.74, 6) is -0.207. The molecule has 24 heavy (non-hydrogen) atoms. The molecule has 2 N–H and O–H groups in total. The predicted octanol–water partition coefficient (Wildman–Crippen LogP) is 2.62. The average Bonchev–Trinajstić information content (AvgIpc) is 2.60. The van der Waals surface area contributed by atoms with Crippen LogP contribution in [0.2, 0.25) is 0 Å². The van der Waals surface area contributed by atoms with Gasteiger partial charge in [0.05, 0.1) is 11.0 Å². The van der Waals surface area contributed by atoms with E-state index in [9.17, 15) is 18.3 Å². The number of ketones is 1. The van der Waals surface area contributed by atoms with Crippen molar-refractivity contribution < 1.29 is 18.3 Å². The summed E-state index contributed by atoms with van der Waals surface area (Å²) in [4.78, 5) is 12.4. The fourth-order valence-corrected chi connectivity index (χ4v) is 3.59.